The molecule has 0 aliphatic heterocycles. The van der Waals surface area contributed by atoms with Gasteiger partial charge in [0.15, 0.2) is 0 Å². The van der Waals surface area contributed by atoms with Crippen molar-refractivity contribution in [2.24, 2.45) is 11.3 Å². The van der Waals surface area contributed by atoms with E-state index in [2.05, 4.69) is 28.5 Å². The molecule has 1 aliphatic carbocycles. The van der Waals surface area contributed by atoms with Gasteiger partial charge in [-0.1, -0.05) is 19.0 Å². The number of aromatic nitrogens is 3. The number of nitrogens with zero attached hydrogens (tertiary/aromatic N) is 3. The first-order valence-corrected chi connectivity index (χ1v) is 6.78. The van der Waals surface area contributed by atoms with Crippen LogP contribution < -0.4 is 5.56 Å². The molecule has 1 unspecified atom stereocenters. The Morgan fingerprint density at radius 1 is 1.45 bits per heavy atom. The Morgan fingerprint density at radius 3 is 2.64 bits per heavy atom. The van der Waals surface area contributed by atoms with Crippen LogP contribution in [0.5, 0.6) is 0 Å². The molecular weight excluding hydrogens is 299 g/mol. The minimum atomic E-state index is -4.70. The molecule has 1 saturated carbocycles. The van der Waals surface area contributed by atoms with E-state index < -0.39 is 12.1 Å². The smallest absolute Gasteiger partial charge is 0.329 e. The zero-order valence-corrected chi connectivity index (χ0v) is 12.0. The van der Waals surface area contributed by atoms with Gasteiger partial charge in [-0.05, 0) is 23.8 Å². The molecule has 8 heteroatoms. The molecule has 22 heavy (non-hydrogen) atoms. The Balaban J connectivity index is 1.83. The predicted molar refractivity (Wildman–Crippen MR) is 70.9 cm³/mol. The molecule has 3 rings (SSSR count). The molecule has 5 nitrogen and oxygen atoms in total. The average molecular weight is 313 g/mol. The van der Waals surface area contributed by atoms with Gasteiger partial charge in [-0.15, -0.1) is 0 Å². The Kier molecular flexibility index (Phi) is 3.15. The van der Waals surface area contributed by atoms with Crippen molar-refractivity contribution >= 4 is 0 Å². The van der Waals surface area contributed by atoms with Crippen LogP contribution in [0.1, 0.15) is 26.2 Å². The maximum Gasteiger partial charge on any atom is 0.471 e. The molecule has 0 spiro atoms. The molecule has 1 atom stereocenters. The lowest BCUT2D eigenvalue weighted by atomic mass is 10.1. The van der Waals surface area contributed by atoms with Crippen molar-refractivity contribution in [2.75, 3.05) is 0 Å². The third kappa shape index (κ3) is 2.77. The molecule has 0 bridgehead atoms. The van der Waals surface area contributed by atoms with Crippen molar-refractivity contribution < 1.29 is 17.7 Å². The number of rotatable bonds is 3. The second kappa shape index (κ2) is 4.69. The van der Waals surface area contributed by atoms with Crippen molar-refractivity contribution in [3.63, 3.8) is 0 Å². The van der Waals surface area contributed by atoms with E-state index in [1.54, 1.807) is 10.8 Å². The van der Waals surface area contributed by atoms with E-state index in [-0.39, 0.29) is 22.4 Å². The van der Waals surface area contributed by atoms with Crippen molar-refractivity contribution in [3.8, 4) is 11.4 Å². The first-order chi connectivity index (χ1) is 10.2. The SMILES string of the molecule is CC1(C)CC1Cn1ccc(-c2noc(C(F)(F)F)n2)cc1=O. The van der Waals surface area contributed by atoms with Crippen LogP contribution in [-0.2, 0) is 12.7 Å². The van der Waals surface area contributed by atoms with Gasteiger partial charge in [0.2, 0.25) is 5.82 Å². The van der Waals surface area contributed by atoms with Crippen LogP contribution in [0.4, 0.5) is 13.2 Å². The second-order valence-electron chi connectivity index (χ2n) is 6.22. The van der Waals surface area contributed by atoms with Gasteiger partial charge in [0.05, 0.1) is 0 Å². The fourth-order valence-electron chi connectivity index (χ4n) is 2.38. The van der Waals surface area contributed by atoms with E-state index in [0.29, 0.717) is 12.5 Å². The van der Waals surface area contributed by atoms with Crippen LogP contribution in [0.3, 0.4) is 0 Å². The summed E-state index contributed by atoms with van der Waals surface area (Å²) in [6, 6.07) is 2.74. The van der Waals surface area contributed by atoms with Gasteiger partial charge >= 0.3 is 12.1 Å². The highest BCUT2D eigenvalue weighted by molar-refractivity contribution is 5.52. The quantitative estimate of drug-likeness (QED) is 0.874. The molecular formula is C14H14F3N3O2. The molecule has 0 saturated heterocycles. The molecule has 1 fully saturated rings. The second-order valence-corrected chi connectivity index (χ2v) is 6.22. The van der Waals surface area contributed by atoms with Crippen LogP contribution in [0.25, 0.3) is 11.4 Å². The van der Waals surface area contributed by atoms with Gasteiger partial charge < -0.3 is 9.09 Å². The number of alkyl halides is 3. The van der Waals surface area contributed by atoms with Crippen molar-refractivity contribution in [2.45, 2.75) is 33.0 Å². The lowest BCUT2D eigenvalue weighted by Gasteiger charge is -2.07. The van der Waals surface area contributed by atoms with Crippen molar-refractivity contribution in [1.82, 2.24) is 14.7 Å². The summed E-state index contributed by atoms with van der Waals surface area (Å²) in [4.78, 5) is 15.3. The number of hydrogen-bond acceptors (Lipinski definition) is 4. The van der Waals surface area contributed by atoms with Crippen LogP contribution >= 0.6 is 0 Å². The Hall–Kier alpha value is -2.12. The number of pyridine rings is 1. The van der Waals surface area contributed by atoms with E-state index in [9.17, 15) is 18.0 Å². The zero-order chi connectivity index (χ0) is 16.1. The summed E-state index contributed by atoms with van der Waals surface area (Å²) in [6.07, 6.45) is -2.09. The maximum atomic E-state index is 12.4. The molecule has 118 valence electrons. The molecule has 0 N–H and O–H groups in total. The Labute approximate surface area is 123 Å². The van der Waals surface area contributed by atoms with Gasteiger partial charge in [-0.25, -0.2) is 0 Å². The third-order valence-electron chi connectivity index (χ3n) is 4.06. The van der Waals surface area contributed by atoms with Gasteiger partial charge in [0.25, 0.3) is 5.56 Å². The number of halogens is 3. The van der Waals surface area contributed by atoms with E-state index in [1.807, 2.05) is 0 Å². The van der Waals surface area contributed by atoms with E-state index >= 15 is 0 Å². The van der Waals surface area contributed by atoms with Gasteiger partial charge in [-0.2, -0.15) is 18.2 Å². The van der Waals surface area contributed by atoms with E-state index in [4.69, 9.17) is 0 Å². The summed E-state index contributed by atoms with van der Waals surface area (Å²) in [5, 5.41) is 3.27. The van der Waals surface area contributed by atoms with Gasteiger partial charge in [0, 0.05) is 24.4 Å². The lowest BCUT2D eigenvalue weighted by molar-refractivity contribution is -0.159. The highest BCUT2D eigenvalue weighted by Crippen LogP contribution is 2.52. The van der Waals surface area contributed by atoms with E-state index in [0.717, 1.165) is 6.42 Å². The fraction of sp³-hybridized carbons (Fsp3) is 0.500. The highest BCUT2D eigenvalue weighted by Gasteiger charge is 2.45. The molecule has 2 aromatic rings. The molecule has 2 heterocycles. The van der Waals surface area contributed by atoms with Crippen LogP contribution in [-0.4, -0.2) is 14.7 Å². The maximum absolute atomic E-state index is 12.4. The monoisotopic (exact) mass is 313 g/mol. The highest BCUT2D eigenvalue weighted by atomic mass is 19.4. The largest absolute Gasteiger partial charge is 0.471 e. The molecule has 1 aliphatic rings. The fourth-order valence-corrected chi connectivity index (χ4v) is 2.38. The summed E-state index contributed by atoms with van der Waals surface area (Å²) < 4.78 is 43.0. The minimum absolute atomic E-state index is 0.204. The van der Waals surface area contributed by atoms with E-state index in [1.165, 1.54) is 12.1 Å². The number of hydrogen-bond donors (Lipinski definition) is 0. The summed E-state index contributed by atoms with van der Waals surface area (Å²) in [7, 11) is 0. The lowest BCUT2D eigenvalue weighted by Crippen LogP contribution is -2.20. The third-order valence-corrected chi connectivity index (χ3v) is 4.06. The zero-order valence-electron chi connectivity index (χ0n) is 12.0. The average Bonchev–Trinajstić information content (AvgIpc) is 2.84. The molecule has 0 radical (unpaired) electrons. The van der Waals surface area contributed by atoms with Gasteiger partial charge in [-0.3, -0.25) is 4.79 Å². The van der Waals surface area contributed by atoms with Crippen molar-refractivity contribution in [1.29, 1.82) is 0 Å². The summed E-state index contributed by atoms with van der Waals surface area (Å²) >= 11 is 0. The minimum Gasteiger partial charge on any atom is -0.329 e. The first kappa shape index (κ1) is 14.8. The Bertz CT molecular complexity index is 761. The molecule has 0 aromatic carbocycles. The standard InChI is InChI=1S/C14H14F3N3O2/c1-13(2)6-9(13)7-20-4-3-8(5-10(20)21)11-18-12(22-19-11)14(15,16)17/h3-5,9H,6-7H2,1-2H3. The van der Waals surface area contributed by atoms with Crippen LogP contribution in [0.2, 0.25) is 0 Å². The predicted octanol–water partition coefficient (Wildman–Crippen LogP) is 2.96. The summed E-state index contributed by atoms with van der Waals surface area (Å²) in [6.45, 7) is 4.87. The van der Waals surface area contributed by atoms with Crippen LogP contribution in [0, 0.1) is 11.3 Å². The topological polar surface area (TPSA) is 60.9 Å². The molecule has 2 aromatic heterocycles. The normalized spacial score (nSPS) is 20.1. The summed E-state index contributed by atoms with van der Waals surface area (Å²) in [5.74, 6) is -1.23. The van der Waals surface area contributed by atoms with Crippen LogP contribution in [0.15, 0.2) is 27.6 Å². The molecule has 0 amide bonds. The van der Waals surface area contributed by atoms with Gasteiger partial charge in [0.1, 0.15) is 0 Å². The summed E-state index contributed by atoms with van der Waals surface area (Å²) in [5.41, 5.74) is 0.155. The first-order valence-electron chi connectivity index (χ1n) is 6.78. The van der Waals surface area contributed by atoms with Crippen molar-refractivity contribution in [3.05, 3.63) is 34.6 Å². The Morgan fingerprint density at radius 2 is 2.14 bits per heavy atom.